The summed E-state index contributed by atoms with van der Waals surface area (Å²) in [6.45, 7) is 4.82. The van der Waals surface area contributed by atoms with Crippen molar-refractivity contribution in [3.05, 3.63) is 34.0 Å². The minimum Gasteiger partial charge on any atom is -0.347 e. The molecule has 0 radical (unpaired) electrons. The van der Waals surface area contributed by atoms with Gasteiger partial charge in [0.1, 0.15) is 5.69 Å². The Labute approximate surface area is 134 Å². The van der Waals surface area contributed by atoms with Crippen LogP contribution in [-0.4, -0.2) is 44.7 Å². The average Bonchev–Trinajstić information content (AvgIpc) is 3.10. The van der Waals surface area contributed by atoms with Crippen LogP contribution in [0, 0.1) is 6.92 Å². The Balaban J connectivity index is 1.56. The normalized spacial score (nSPS) is 19.3. The predicted octanol–water partition coefficient (Wildman–Crippen LogP) is 1.58. The Hall–Kier alpha value is -1.73. The average molecular weight is 319 g/mol. The molecule has 1 aliphatic rings. The third kappa shape index (κ3) is 3.53. The second-order valence-corrected chi connectivity index (χ2v) is 6.78. The quantitative estimate of drug-likeness (QED) is 0.929. The first-order valence-corrected chi connectivity index (χ1v) is 8.41. The molecule has 6 nitrogen and oxygen atoms in total. The van der Waals surface area contributed by atoms with E-state index in [0.29, 0.717) is 5.69 Å². The highest BCUT2D eigenvalue weighted by Crippen LogP contribution is 2.16. The summed E-state index contributed by atoms with van der Waals surface area (Å²) in [7, 11) is 1.85. The summed E-state index contributed by atoms with van der Waals surface area (Å²) in [6, 6.07) is 2.02. The fourth-order valence-corrected chi connectivity index (χ4v) is 3.42. The molecule has 118 valence electrons. The zero-order valence-electron chi connectivity index (χ0n) is 13.0. The van der Waals surface area contributed by atoms with Gasteiger partial charge in [0.2, 0.25) is 0 Å². The summed E-state index contributed by atoms with van der Waals surface area (Å²) in [5.74, 6) is -0.0756. The lowest BCUT2D eigenvalue weighted by atomic mass is 10.1. The molecule has 0 aromatic carbocycles. The largest absolute Gasteiger partial charge is 0.347 e. The van der Waals surface area contributed by atoms with Crippen LogP contribution in [0.25, 0.3) is 0 Å². The number of likely N-dealkylation sites (tertiary alicyclic amines) is 1. The Morgan fingerprint density at radius 1 is 1.55 bits per heavy atom. The highest BCUT2D eigenvalue weighted by atomic mass is 32.1. The highest BCUT2D eigenvalue weighted by Gasteiger charge is 2.23. The minimum absolute atomic E-state index is 0.0756. The molecule has 7 heteroatoms. The third-order valence-electron chi connectivity index (χ3n) is 4.05. The number of piperidine rings is 1. The van der Waals surface area contributed by atoms with Crippen molar-refractivity contribution in [2.45, 2.75) is 32.4 Å². The van der Waals surface area contributed by atoms with E-state index in [1.54, 1.807) is 16.0 Å². The maximum atomic E-state index is 12.3. The molecule has 0 aliphatic carbocycles. The van der Waals surface area contributed by atoms with Crippen LogP contribution in [0.15, 0.2) is 17.8 Å². The second-order valence-electron chi connectivity index (χ2n) is 5.81. The zero-order valence-corrected chi connectivity index (χ0v) is 13.8. The topological polar surface area (TPSA) is 63.1 Å². The van der Waals surface area contributed by atoms with Gasteiger partial charge in [0.15, 0.2) is 0 Å². The third-order valence-corrected chi connectivity index (χ3v) is 4.81. The van der Waals surface area contributed by atoms with Crippen molar-refractivity contribution in [2.75, 3.05) is 13.1 Å². The number of rotatable bonds is 4. The van der Waals surface area contributed by atoms with E-state index < -0.39 is 0 Å². The molecular formula is C15H21N5OS. The molecule has 2 aromatic heterocycles. The van der Waals surface area contributed by atoms with Crippen LogP contribution in [0.4, 0.5) is 0 Å². The van der Waals surface area contributed by atoms with Gasteiger partial charge in [-0.3, -0.25) is 19.4 Å². The fraction of sp³-hybridized carbons (Fsp3) is 0.533. The van der Waals surface area contributed by atoms with E-state index in [2.05, 4.69) is 20.3 Å². The first-order valence-electron chi connectivity index (χ1n) is 7.53. The van der Waals surface area contributed by atoms with Gasteiger partial charge in [-0.1, -0.05) is 0 Å². The van der Waals surface area contributed by atoms with Gasteiger partial charge in [0.25, 0.3) is 5.91 Å². The van der Waals surface area contributed by atoms with E-state index in [9.17, 15) is 4.79 Å². The molecule has 22 heavy (non-hydrogen) atoms. The van der Waals surface area contributed by atoms with Gasteiger partial charge in [0, 0.05) is 42.9 Å². The Morgan fingerprint density at radius 2 is 2.41 bits per heavy atom. The molecule has 1 amide bonds. The number of nitrogens with zero attached hydrogens (tertiary/aromatic N) is 4. The molecule has 3 heterocycles. The number of carbonyl (C=O) groups excluding carboxylic acids is 1. The molecule has 1 aliphatic heterocycles. The molecule has 2 aromatic rings. The van der Waals surface area contributed by atoms with Crippen molar-refractivity contribution in [1.29, 1.82) is 0 Å². The minimum atomic E-state index is -0.0756. The van der Waals surface area contributed by atoms with E-state index in [-0.39, 0.29) is 11.9 Å². The van der Waals surface area contributed by atoms with Crippen molar-refractivity contribution in [1.82, 2.24) is 25.0 Å². The molecule has 1 atom stereocenters. The number of carbonyl (C=O) groups is 1. The van der Waals surface area contributed by atoms with Gasteiger partial charge < -0.3 is 5.32 Å². The standard InChI is InChI=1S/C15H21N5OS/c1-11-6-14(18-19(11)2)15(21)17-12-4-3-5-20(8-12)9-13-7-16-10-22-13/h6-7,10,12H,3-5,8-9H2,1-2H3,(H,17,21). The van der Waals surface area contributed by atoms with Gasteiger partial charge in [-0.15, -0.1) is 11.3 Å². The fourth-order valence-electron chi connectivity index (χ4n) is 2.79. The SMILES string of the molecule is Cc1cc(C(=O)NC2CCCN(Cc3cncs3)C2)nn1C. The van der Waals surface area contributed by atoms with Crippen molar-refractivity contribution in [3.63, 3.8) is 0 Å². The molecule has 1 saturated heterocycles. The number of amides is 1. The lowest BCUT2D eigenvalue weighted by molar-refractivity contribution is 0.0895. The number of hydrogen-bond acceptors (Lipinski definition) is 5. The maximum Gasteiger partial charge on any atom is 0.272 e. The number of aryl methyl sites for hydroxylation is 2. The lowest BCUT2D eigenvalue weighted by Gasteiger charge is -2.32. The van der Waals surface area contributed by atoms with Gasteiger partial charge in [-0.25, -0.2) is 0 Å². The molecule has 0 spiro atoms. The number of aromatic nitrogens is 3. The molecule has 1 unspecified atom stereocenters. The van der Waals surface area contributed by atoms with Crippen LogP contribution in [0.1, 0.15) is 33.9 Å². The lowest BCUT2D eigenvalue weighted by Crippen LogP contribution is -2.47. The molecular weight excluding hydrogens is 298 g/mol. The monoisotopic (exact) mass is 319 g/mol. The number of hydrogen-bond donors (Lipinski definition) is 1. The molecule has 3 rings (SSSR count). The molecule has 1 fully saturated rings. The maximum absolute atomic E-state index is 12.3. The first kappa shape index (κ1) is 15.2. The predicted molar refractivity (Wildman–Crippen MR) is 85.8 cm³/mol. The van der Waals surface area contributed by atoms with E-state index in [0.717, 1.165) is 38.2 Å². The summed E-state index contributed by atoms with van der Waals surface area (Å²) in [5, 5.41) is 7.36. The van der Waals surface area contributed by atoms with Crippen molar-refractivity contribution in [3.8, 4) is 0 Å². The van der Waals surface area contributed by atoms with Crippen LogP contribution in [0.2, 0.25) is 0 Å². The Kier molecular flexibility index (Phi) is 4.54. The van der Waals surface area contributed by atoms with E-state index in [1.807, 2.05) is 31.7 Å². The van der Waals surface area contributed by atoms with Crippen molar-refractivity contribution < 1.29 is 4.79 Å². The van der Waals surface area contributed by atoms with Crippen LogP contribution < -0.4 is 5.32 Å². The summed E-state index contributed by atoms with van der Waals surface area (Å²) in [5.41, 5.74) is 3.35. The highest BCUT2D eigenvalue weighted by molar-refractivity contribution is 7.09. The van der Waals surface area contributed by atoms with Gasteiger partial charge in [-0.05, 0) is 32.4 Å². The van der Waals surface area contributed by atoms with E-state index >= 15 is 0 Å². The zero-order chi connectivity index (χ0) is 15.5. The second kappa shape index (κ2) is 6.58. The summed E-state index contributed by atoms with van der Waals surface area (Å²) < 4.78 is 1.73. The summed E-state index contributed by atoms with van der Waals surface area (Å²) >= 11 is 1.68. The molecule has 0 bridgehead atoms. The Bertz CT molecular complexity index is 617. The molecule has 1 N–H and O–H groups in total. The van der Waals surface area contributed by atoms with E-state index in [4.69, 9.17) is 0 Å². The first-order chi connectivity index (χ1) is 10.6. The van der Waals surface area contributed by atoms with Gasteiger partial charge in [0.05, 0.1) is 5.51 Å². The van der Waals surface area contributed by atoms with Gasteiger partial charge >= 0.3 is 0 Å². The van der Waals surface area contributed by atoms with Crippen LogP contribution >= 0.6 is 11.3 Å². The van der Waals surface area contributed by atoms with Crippen LogP contribution in [-0.2, 0) is 13.6 Å². The Morgan fingerprint density at radius 3 is 3.09 bits per heavy atom. The smallest absolute Gasteiger partial charge is 0.272 e. The summed E-state index contributed by atoms with van der Waals surface area (Å²) in [4.78, 5) is 20.1. The van der Waals surface area contributed by atoms with Gasteiger partial charge in [-0.2, -0.15) is 5.10 Å². The number of nitrogens with one attached hydrogen (secondary N) is 1. The summed E-state index contributed by atoms with van der Waals surface area (Å²) in [6.07, 6.45) is 4.05. The van der Waals surface area contributed by atoms with E-state index in [1.165, 1.54) is 4.88 Å². The van der Waals surface area contributed by atoms with Crippen LogP contribution in [0.5, 0.6) is 0 Å². The van der Waals surface area contributed by atoms with Crippen molar-refractivity contribution in [2.24, 2.45) is 7.05 Å². The van der Waals surface area contributed by atoms with Crippen LogP contribution in [0.3, 0.4) is 0 Å². The molecule has 0 saturated carbocycles. The number of thiazole rings is 1. The van der Waals surface area contributed by atoms with Crippen molar-refractivity contribution >= 4 is 17.2 Å².